The molecule has 5 rings (SSSR count). The van der Waals surface area contributed by atoms with Crippen LogP contribution in [0.25, 0.3) is 0 Å². The Balaban J connectivity index is 1.27. The van der Waals surface area contributed by atoms with Crippen molar-refractivity contribution in [2.75, 3.05) is 30.8 Å². The van der Waals surface area contributed by atoms with Gasteiger partial charge >= 0.3 is 0 Å². The van der Waals surface area contributed by atoms with Gasteiger partial charge in [-0.25, -0.2) is 17.8 Å². The molecule has 1 aliphatic rings. The number of hydrogen-bond donors (Lipinski definition) is 2. The summed E-state index contributed by atoms with van der Waals surface area (Å²) in [7, 11) is -2.09. The molecule has 39 heavy (non-hydrogen) atoms. The lowest BCUT2D eigenvalue weighted by Crippen LogP contribution is -2.52. The van der Waals surface area contributed by atoms with Gasteiger partial charge in [0.1, 0.15) is 11.6 Å². The molecule has 9 nitrogen and oxygen atoms in total. The molecular formula is C28H29FN6O3S. The Labute approximate surface area is 227 Å². The first-order valence-electron chi connectivity index (χ1n) is 12.5. The third kappa shape index (κ3) is 6.39. The summed E-state index contributed by atoms with van der Waals surface area (Å²) < 4.78 is 47.6. The van der Waals surface area contributed by atoms with Crippen LogP contribution in [0, 0.1) is 5.82 Å². The van der Waals surface area contributed by atoms with Crippen LogP contribution in [-0.4, -0.2) is 53.5 Å². The number of aromatic nitrogens is 3. The molecule has 2 aromatic heterocycles. The molecule has 1 aliphatic heterocycles. The number of anilines is 4. The molecule has 2 N–H and O–H groups in total. The highest BCUT2D eigenvalue weighted by atomic mass is 32.2. The van der Waals surface area contributed by atoms with E-state index in [2.05, 4.69) is 25.6 Å². The van der Waals surface area contributed by atoms with Crippen LogP contribution < -0.4 is 10.6 Å². The van der Waals surface area contributed by atoms with E-state index in [1.807, 2.05) is 12.1 Å². The molecular weight excluding hydrogens is 519 g/mol. The summed E-state index contributed by atoms with van der Waals surface area (Å²) in [6.07, 6.45) is 7.14. The first-order chi connectivity index (χ1) is 18.8. The number of pyridine rings is 1. The third-order valence-corrected chi connectivity index (χ3v) is 8.57. The van der Waals surface area contributed by atoms with Gasteiger partial charge in [-0.1, -0.05) is 6.07 Å². The largest absolute Gasteiger partial charge is 0.377 e. The first kappa shape index (κ1) is 26.7. The molecule has 0 radical (unpaired) electrons. The van der Waals surface area contributed by atoms with Crippen molar-refractivity contribution in [2.24, 2.45) is 0 Å². The number of sulfonamides is 1. The zero-order valence-electron chi connectivity index (χ0n) is 21.4. The van der Waals surface area contributed by atoms with E-state index in [1.165, 1.54) is 16.4 Å². The fraction of sp³-hybridized carbons (Fsp3) is 0.250. The third-order valence-electron chi connectivity index (χ3n) is 6.71. The number of benzene rings is 2. The van der Waals surface area contributed by atoms with Crippen molar-refractivity contribution in [3.05, 3.63) is 96.7 Å². The van der Waals surface area contributed by atoms with Gasteiger partial charge in [0.05, 0.1) is 10.5 Å². The lowest BCUT2D eigenvalue weighted by Gasteiger charge is -2.41. The van der Waals surface area contributed by atoms with E-state index in [1.54, 1.807) is 68.2 Å². The summed E-state index contributed by atoms with van der Waals surface area (Å²) in [5.41, 5.74) is 1.72. The number of rotatable bonds is 9. The Hall–Kier alpha value is -3.93. The van der Waals surface area contributed by atoms with Crippen LogP contribution in [-0.2, 0) is 21.2 Å². The van der Waals surface area contributed by atoms with Gasteiger partial charge in [-0.2, -0.15) is 9.29 Å². The smallest absolute Gasteiger partial charge is 0.243 e. The predicted molar refractivity (Wildman–Crippen MR) is 147 cm³/mol. The number of piperidine rings is 1. The van der Waals surface area contributed by atoms with Gasteiger partial charge in [-0.05, 0) is 79.1 Å². The SMILES string of the molecule is COC1(Cc2cccnc2)CCCN(S(=O)(=O)c2ccc(Nc3nccc(Nc4ccc(F)cc4)n3)cc2)C1. The lowest BCUT2D eigenvalue weighted by atomic mass is 9.87. The van der Waals surface area contributed by atoms with Crippen LogP contribution in [0.15, 0.2) is 90.2 Å². The number of halogens is 1. The van der Waals surface area contributed by atoms with E-state index in [9.17, 15) is 12.8 Å². The standard InChI is InChI=1S/C28H29FN6O3S/c1-38-28(18-21-4-2-15-30-19-21)14-3-17-35(20-28)39(36,37)25-11-9-24(10-12-25)33-27-31-16-13-26(34-27)32-23-7-5-22(29)6-8-23/h2,4-13,15-16,19H,3,14,17-18,20H2,1H3,(H2,31,32,33,34). The molecule has 1 atom stereocenters. The fourth-order valence-corrected chi connectivity index (χ4v) is 6.23. The summed E-state index contributed by atoms with van der Waals surface area (Å²) in [4.78, 5) is 13.0. The number of methoxy groups -OCH3 is 1. The zero-order chi connectivity index (χ0) is 27.3. The van der Waals surface area contributed by atoms with Crippen LogP contribution >= 0.6 is 0 Å². The van der Waals surface area contributed by atoms with Crippen LogP contribution in [0.2, 0.25) is 0 Å². The molecule has 0 saturated carbocycles. The maximum atomic E-state index is 13.5. The summed E-state index contributed by atoms with van der Waals surface area (Å²) >= 11 is 0. The highest BCUT2D eigenvalue weighted by Crippen LogP contribution is 2.32. The van der Waals surface area contributed by atoms with Crippen molar-refractivity contribution in [1.82, 2.24) is 19.3 Å². The Morgan fingerprint density at radius 1 is 1.00 bits per heavy atom. The molecule has 2 aromatic carbocycles. The Morgan fingerprint density at radius 2 is 1.74 bits per heavy atom. The van der Waals surface area contributed by atoms with Gasteiger partial charge in [0.2, 0.25) is 16.0 Å². The Kier molecular flexibility index (Phi) is 7.82. The van der Waals surface area contributed by atoms with E-state index in [4.69, 9.17) is 4.74 Å². The van der Waals surface area contributed by atoms with Gasteiger partial charge in [0.15, 0.2) is 0 Å². The van der Waals surface area contributed by atoms with E-state index in [0.29, 0.717) is 42.5 Å². The van der Waals surface area contributed by atoms with Crippen LogP contribution in [0.5, 0.6) is 0 Å². The molecule has 1 saturated heterocycles. The molecule has 0 bridgehead atoms. The molecule has 11 heteroatoms. The predicted octanol–water partition coefficient (Wildman–Crippen LogP) is 4.91. The highest BCUT2D eigenvalue weighted by Gasteiger charge is 2.40. The Bertz CT molecular complexity index is 1500. The number of nitrogens with zero attached hydrogens (tertiary/aromatic N) is 4. The van der Waals surface area contributed by atoms with E-state index in [0.717, 1.165) is 12.0 Å². The molecule has 0 aliphatic carbocycles. The van der Waals surface area contributed by atoms with E-state index >= 15 is 0 Å². The monoisotopic (exact) mass is 548 g/mol. The summed E-state index contributed by atoms with van der Waals surface area (Å²) in [6.45, 7) is 0.699. The maximum Gasteiger partial charge on any atom is 0.243 e. The van der Waals surface area contributed by atoms with Crippen LogP contribution in [0.3, 0.4) is 0 Å². The average Bonchev–Trinajstić information content (AvgIpc) is 2.95. The second-order valence-electron chi connectivity index (χ2n) is 9.41. The van der Waals surface area contributed by atoms with Crippen molar-refractivity contribution in [1.29, 1.82) is 0 Å². The number of hydrogen-bond acceptors (Lipinski definition) is 8. The van der Waals surface area contributed by atoms with Crippen molar-refractivity contribution >= 4 is 33.2 Å². The highest BCUT2D eigenvalue weighted by molar-refractivity contribution is 7.89. The summed E-state index contributed by atoms with van der Waals surface area (Å²) in [6, 6.07) is 18.0. The zero-order valence-corrected chi connectivity index (χ0v) is 22.2. The Morgan fingerprint density at radius 3 is 2.46 bits per heavy atom. The normalized spacial score (nSPS) is 18.0. The molecule has 0 spiro atoms. The van der Waals surface area contributed by atoms with Gasteiger partial charge in [0, 0.05) is 56.6 Å². The molecule has 1 fully saturated rings. The quantitative estimate of drug-likeness (QED) is 0.304. The minimum Gasteiger partial charge on any atom is -0.377 e. The van der Waals surface area contributed by atoms with Crippen LogP contribution in [0.4, 0.5) is 27.5 Å². The lowest BCUT2D eigenvalue weighted by molar-refractivity contribution is -0.0465. The minimum absolute atomic E-state index is 0.203. The second-order valence-corrected chi connectivity index (χ2v) is 11.4. The van der Waals surface area contributed by atoms with Gasteiger partial charge in [-0.3, -0.25) is 4.98 Å². The van der Waals surface area contributed by atoms with Crippen molar-refractivity contribution in [3.8, 4) is 0 Å². The molecule has 1 unspecified atom stereocenters. The van der Waals surface area contributed by atoms with Crippen molar-refractivity contribution in [2.45, 2.75) is 29.8 Å². The van der Waals surface area contributed by atoms with Gasteiger partial charge in [0.25, 0.3) is 0 Å². The summed E-state index contributed by atoms with van der Waals surface area (Å²) in [5.74, 6) is 0.532. The van der Waals surface area contributed by atoms with Crippen molar-refractivity contribution < 1.29 is 17.5 Å². The summed E-state index contributed by atoms with van der Waals surface area (Å²) in [5, 5.41) is 6.18. The maximum absolute atomic E-state index is 13.5. The van der Waals surface area contributed by atoms with E-state index < -0.39 is 15.6 Å². The second kappa shape index (κ2) is 11.4. The number of nitrogens with one attached hydrogen (secondary N) is 2. The molecule has 0 amide bonds. The van der Waals surface area contributed by atoms with Gasteiger partial charge < -0.3 is 15.4 Å². The van der Waals surface area contributed by atoms with Crippen molar-refractivity contribution in [3.63, 3.8) is 0 Å². The molecule has 202 valence electrons. The van der Waals surface area contributed by atoms with Crippen LogP contribution in [0.1, 0.15) is 18.4 Å². The average molecular weight is 549 g/mol. The van der Waals surface area contributed by atoms with Gasteiger partial charge in [-0.15, -0.1) is 0 Å². The van der Waals surface area contributed by atoms with E-state index in [-0.39, 0.29) is 17.3 Å². The first-order valence-corrected chi connectivity index (χ1v) is 14.0. The molecule has 4 aromatic rings. The number of ether oxygens (including phenoxy) is 1. The minimum atomic E-state index is -3.73. The molecule has 3 heterocycles. The fourth-order valence-electron chi connectivity index (χ4n) is 4.68. The topological polar surface area (TPSA) is 109 Å².